The van der Waals surface area contributed by atoms with Gasteiger partial charge >= 0.3 is 0 Å². The van der Waals surface area contributed by atoms with Crippen molar-refractivity contribution in [3.05, 3.63) is 66.3 Å². The van der Waals surface area contributed by atoms with E-state index in [-0.39, 0.29) is 0 Å². The van der Waals surface area contributed by atoms with Crippen LogP contribution < -0.4 is 10.8 Å². The minimum Gasteiger partial charge on any atom is -0.383 e. The number of hydrogen-bond acceptors (Lipinski definition) is 5. The summed E-state index contributed by atoms with van der Waals surface area (Å²) in [5.41, 5.74) is 4.88. The third-order valence-corrected chi connectivity index (χ3v) is 3.94. The molecule has 0 aliphatic rings. The maximum atomic E-state index is 11.2. The Hall–Kier alpha value is -3.16. The molecule has 2 rings (SSSR count). The van der Waals surface area contributed by atoms with E-state index in [2.05, 4.69) is 23.5 Å². The molecule has 0 fully saturated rings. The van der Waals surface area contributed by atoms with Crippen LogP contribution in [0.5, 0.6) is 0 Å². The summed E-state index contributed by atoms with van der Waals surface area (Å²) in [4.78, 5) is 15.8. The number of anilines is 1. The molecule has 0 unspecified atom stereocenters. The highest BCUT2D eigenvalue weighted by molar-refractivity contribution is 5.91. The molecule has 0 radical (unpaired) electrons. The summed E-state index contributed by atoms with van der Waals surface area (Å²) < 4.78 is 7.23. The summed E-state index contributed by atoms with van der Waals surface area (Å²) in [6, 6.07) is 7.54. The standard InChI is InChI=1S/C20H24N4O3/c1-4-16-18(5-2)24(12-13-27-3)19(22-16)14-21-17-9-7-6-8-15(17)10-11-20(25)23-26/h4-11,21,26H,1-2,12-14H2,3H3,(H,23,25)/b11-10+. The lowest BCUT2D eigenvalue weighted by molar-refractivity contribution is -0.124. The first-order chi connectivity index (χ1) is 13.1. The number of methoxy groups -OCH3 is 1. The van der Waals surface area contributed by atoms with Gasteiger partial charge in [0.25, 0.3) is 5.91 Å². The number of nitrogens with one attached hydrogen (secondary N) is 2. The lowest BCUT2D eigenvalue weighted by Crippen LogP contribution is -2.15. The molecule has 7 nitrogen and oxygen atoms in total. The van der Waals surface area contributed by atoms with Crippen molar-refractivity contribution < 1.29 is 14.7 Å². The van der Waals surface area contributed by atoms with Crippen molar-refractivity contribution in [1.82, 2.24) is 15.0 Å². The number of rotatable bonds is 10. The van der Waals surface area contributed by atoms with Gasteiger partial charge in [-0.25, -0.2) is 10.5 Å². The van der Waals surface area contributed by atoms with Gasteiger partial charge in [-0.2, -0.15) is 0 Å². The number of hydroxylamine groups is 1. The van der Waals surface area contributed by atoms with Crippen molar-refractivity contribution >= 4 is 29.8 Å². The molecule has 2 aromatic rings. The molecule has 0 aliphatic carbocycles. The second-order valence-corrected chi connectivity index (χ2v) is 5.60. The quantitative estimate of drug-likeness (QED) is 0.341. The number of nitrogens with zero attached hydrogens (tertiary/aromatic N) is 2. The zero-order chi connectivity index (χ0) is 19.6. The molecule has 3 N–H and O–H groups in total. The third kappa shape index (κ3) is 5.16. The highest BCUT2D eigenvalue weighted by Crippen LogP contribution is 2.20. The van der Waals surface area contributed by atoms with Crippen molar-refractivity contribution in [3.8, 4) is 0 Å². The van der Waals surface area contributed by atoms with Gasteiger partial charge in [-0.1, -0.05) is 31.4 Å². The van der Waals surface area contributed by atoms with E-state index in [4.69, 9.17) is 9.94 Å². The minimum atomic E-state index is -0.592. The van der Waals surface area contributed by atoms with Crippen molar-refractivity contribution in [2.45, 2.75) is 13.1 Å². The van der Waals surface area contributed by atoms with Gasteiger partial charge in [-0.3, -0.25) is 10.0 Å². The van der Waals surface area contributed by atoms with Crippen LogP contribution >= 0.6 is 0 Å². The highest BCUT2D eigenvalue weighted by Gasteiger charge is 2.13. The van der Waals surface area contributed by atoms with Gasteiger partial charge in [0, 0.05) is 25.4 Å². The Morgan fingerprint density at radius 2 is 2.11 bits per heavy atom. The van der Waals surface area contributed by atoms with Gasteiger partial charge in [-0.15, -0.1) is 0 Å². The van der Waals surface area contributed by atoms with Crippen LogP contribution in [0.2, 0.25) is 0 Å². The van der Waals surface area contributed by atoms with E-state index in [0.29, 0.717) is 19.7 Å². The van der Waals surface area contributed by atoms with Gasteiger partial charge < -0.3 is 14.6 Å². The van der Waals surface area contributed by atoms with E-state index >= 15 is 0 Å². The lowest BCUT2D eigenvalue weighted by Gasteiger charge is -2.12. The fraction of sp³-hybridized carbons (Fsp3) is 0.200. The van der Waals surface area contributed by atoms with Gasteiger partial charge in [0.15, 0.2) is 0 Å². The molecule has 0 saturated heterocycles. The van der Waals surface area contributed by atoms with Crippen LogP contribution in [0.4, 0.5) is 5.69 Å². The Kier molecular flexibility index (Phi) is 7.54. The van der Waals surface area contributed by atoms with E-state index in [1.807, 2.05) is 28.8 Å². The second-order valence-electron chi connectivity index (χ2n) is 5.60. The fourth-order valence-corrected chi connectivity index (χ4v) is 2.65. The summed E-state index contributed by atoms with van der Waals surface area (Å²) in [7, 11) is 1.65. The summed E-state index contributed by atoms with van der Waals surface area (Å²) in [5, 5.41) is 11.9. The van der Waals surface area contributed by atoms with Gasteiger partial charge in [0.05, 0.1) is 24.5 Å². The Balaban J connectivity index is 2.25. The second kappa shape index (κ2) is 10.1. The molecule has 1 amide bonds. The number of para-hydroxylation sites is 1. The maximum absolute atomic E-state index is 11.2. The predicted molar refractivity (Wildman–Crippen MR) is 107 cm³/mol. The van der Waals surface area contributed by atoms with Gasteiger partial charge in [-0.05, 0) is 29.9 Å². The van der Waals surface area contributed by atoms with Crippen LogP contribution in [0.25, 0.3) is 18.2 Å². The summed E-state index contributed by atoms with van der Waals surface area (Å²) >= 11 is 0. The van der Waals surface area contributed by atoms with E-state index < -0.39 is 5.91 Å². The minimum absolute atomic E-state index is 0.468. The average molecular weight is 368 g/mol. The van der Waals surface area contributed by atoms with Crippen molar-refractivity contribution in [2.75, 3.05) is 19.0 Å². The molecule has 1 heterocycles. The lowest BCUT2D eigenvalue weighted by atomic mass is 10.1. The number of aromatic nitrogens is 2. The molecular weight excluding hydrogens is 344 g/mol. The first-order valence-corrected chi connectivity index (χ1v) is 8.42. The molecule has 0 aliphatic heterocycles. The molecule has 0 spiro atoms. The first-order valence-electron chi connectivity index (χ1n) is 8.42. The van der Waals surface area contributed by atoms with E-state index in [0.717, 1.165) is 28.5 Å². The van der Waals surface area contributed by atoms with E-state index in [1.54, 1.807) is 30.8 Å². The zero-order valence-corrected chi connectivity index (χ0v) is 15.3. The Morgan fingerprint density at radius 1 is 1.33 bits per heavy atom. The number of imidazole rings is 1. The molecule has 1 aromatic carbocycles. The van der Waals surface area contributed by atoms with E-state index in [9.17, 15) is 4.79 Å². The van der Waals surface area contributed by atoms with Gasteiger partial charge in [0.2, 0.25) is 0 Å². The van der Waals surface area contributed by atoms with Crippen LogP contribution in [-0.4, -0.2) is 34.4 Å². The highest BCUT2D eigenvalue weighted by atomic mass is 16.5. The largest absolute Gasteiger partial charge is 0.383 e. The van der Waals surface area contributed by atoms with Crippen LogP contribution in [0.3, 0.4) is 0 Å². The van der Waals surface area contributed by atoms with Crippen LogP contribution in [0.1, 0.15) is 22.8 Å². The molecular formula is C20H24N4O3. The van der Waals surface area contributed by atoms with E-state index in [1.165, 1.54) is 6.08 Å². The summed E-state index contributed by atoms with van der Waals surface area (Å²) in [5.74, 6) is 0.231. The maximum Gasteiger partial charge on any atom is 0.267 e. The third-order valence-electron chi connectivity index (χ3n) is 3.94. The molecule has 0 atom stereocenters. The SMILES string of the molecule is C=Cc1nc(CNc2ccccc2/C=C/C(=O)NO)n(CCOC)c1C=C. The number of hydrogen-bond donors (Lipinski definition) is 3. The van der Waals surface area contributed by atoms with Crippen molar-refractivity contribution in [1.29, 1.82) is 0 Å². The molecule has 0 bridgehead atoms. The predicted octanol–water partition coefficient (Wildman–Crippen LogP) is 2.95. The molecule has 1 aromatic heterocycles. The van der Waals surface area contributed by atoms with Crippen molar-refractivity contribution in [2.24, 2.45) is 0 Å². The smallest absolute Gasteiger partial charge is 0.267 e. The monoisotopic (exact) mass is 368 g/mol. The van der Waals surface area contributed by atoms with Crippen molar-refractivity contribution in [3.63, 3.8) is 0 Å². The Labute approximate surface area is 158 Å². The zero-order valence-electron chi connectivity index (χ0n) is 15.3. The number of carbonyl (C=O) groups excluding carboxylic acids is 1. The Morgan fingerprint density at radius 3 is 2.78 bits per heavy atom. The average Bonchev–Trinajstić information content (AvgIpc) is 3.05. The summed E-state index contributed by atoms with van der Waals surface area (Å²) in [6.07, 6.45) is 6.34. The molecule has 27 heavy (non-hydrogen) atoms. The number of benzene rings is 1. The van der Waals surface area contributed by atoms with Crippen LogP contribution in [0.15, 0.2) is 43.5 Å². The van der Waals surface area contributed by atoms with Gasteiger partial charge in [0.1, 0.15) is 5.82 Å². The van der Waals surface area contributed by atoms with Crippen LogP contribution in [-0.2, 0) is 22.6 Å². The molecule has 142 valence electrons. The number of amides is 1. The molecule has 7 heteroatoms. The number of carbonyl (C=O) groups is 1. The fourth-order valence-electron chi connectivity index (χ4n) is 2.65. The molecule has 0 saturated carbocycles. The normalized spacial score (nSPS) is 10.7. The summed E-state index contributed by atoms with van der Waals surface area (Å²) in [6.45, 7) is 9.35. The van der Waals surface area contributed by atoms with Crippen LogP contribution in [0, 0.1) is 0 Å². The topological polar surface area (TPSA) is 88.4 Å². The first kappa shape index (κ1) is 20.2. The number of ether oxygens (including phenoxy) is 1. The Bertz CT molecular complexity index is 840.